The van der Waals surface area contributed by atoms with Crippen LogP contribution in [0, 0.1) is 5.82 Å². The minimum Gasteiger partial charge on any atom is -0.383 e. The molecule has 0 aromatic heterocycles. The van der Waals surface area contributed by atoms with Gasteiger partial charge in [-0.15, -0.1) is 0 Å². The van der Waals surface area contributed by atoms with E-state index in [1.54, 1.807) is 0 Å². The number of Topliss-reactive ketones (excluding diaryl/α,β-unsaturated/α-hetero) is 1. The highest BCUT2D eigenvalue weighted by Gasteiger charge is 2.20. The Balaban J connectivity index is 2.63. The van der Waals surface area contributed by atoms with E-state index in [1.807, 2.05) is 0 Å². The molecule has 0 atom stereocenters. The first-order chi connectivity index (χ1) is 6.20. The number of benzene rings is 1. The summed E-state index contributed by atoms with van der Waals surface area (Å²) in [6.45, 7) is 0.577. The van der Waals surface area contributed by atoms with Gasteiger partial charge in [-0.05, 0) is 28.1 Å². The fourth-order valence-electron chi connectivity index (χ4n) is 1.39. The van der Waals surface area contributed by atoms with Crippen molar-refractivity contribution in [1.82, 2.24) is 0 Å². The number of carbonyl (C=O) groups is 1. The molecule has 0 radical (unpaired) electrons. The molecule has 0 aliphatic carbocycles. The van der Waals surface area contributed by atoms with Crippen molar-refractivity contribution in [2.24, 2.45) is 0 Å². The van der Waals surface area contributed by atoms with E-state index in [0.29, 0.717) is 28.7 Å². The molecule has 0 unspecified atom stereocenters. The van der Waals surface area contributed by atoms with Crippen molar-refractivity contribution >= 4 is 27.4 Å². The fraction of sp³-hybridized carbons (Fsp3) is 0.222. The van der Waals surface area contributed by atoms with Gasteiger partial charge in [-0.1, -0.05) is 0 Å². The normalized spacial score (nSPS) is 15.1. The van der Waals surface area contributed by atoms with Crippen LogP contribution in [0.1, 0.15) is 16.8 Å². The molecule has 2 rings (SSSR count). The number of hydrogen-bond donors (Lipinski definition) is 1. The summed E-state index contributed by atoms with van der Waals surface area (Å²) in [7, 11) is 0. The molecule has 2 nitrogen and oxygen atoms in total. The number of ketones is 1. The summed E-state index contributed by atoms with van der Waals surface area (Å²) in [5, 5.41) is 2.99. The minimum atomic E-state index is -0.346. The van der Waals surface area contributed by atoms with Crippen LogP contribution in [0.2, 0.25) is 0 Å². The molecule has 1 aromatic rings. The van der Waals surface area contributed by atoms with Crippen molar-refractivity contribution in [1.29, 1.82) is 0 Å². The Kier molecular flexibility index (Phi) is 2.07. The molecular formula is C9H7BrFNO. The highest BCUT2D eigenvalue weighted by atomic mass is 79.9. The summed E-state index contributed by atoms with van der Waals surface area (Å²) in [4.78, 5) is 11.4. The van der Waals surface area contributed by atoms with Gasteiger partial charge < -0.3 is 5.32 Å². The molecule has 0 bridgehead atoms. The molecule has 1 heterocycles. The molecule has 0 spiro atoms. The Morgan fingerprint density at radius 1 is 1.46 bits per heavy atom. The monoisotopic (exact) mass is 243 g/mol. The second kappa shape index (κ2) is 3.10. The van der Waals surface area contributed by atoms with Crippen molar-refractivity contribution in [3.63, 3.8) is 0 Å². The zero-order valence-corrected chi connectivity index (χ0v) is 8.32. The van der Waals surface area contributed by atoms with Crippen LogP contribution < -0.4 is 5.32 Å². The first kappa shape index (κ1) is 8.69. The van der Waals surface area contributed by atoms with Crippen molar-refractivity contribution in [3.05, 3.63) is 28.0 Å². The SMILES string of the molecule is O=C1CCNc2c1ccc(F)c2Br. The molecular weight excluding hydrogens is 237 g/mol. The van der Waals surface area contributed by atoms with Gasteiger partial charge in [-0.2, -0.15) is 0 Å². The maximum atomic E-state index is 13.0. The van der Waals surface area contributed by atoms with Crippen molar-refractivity contribution < 1.29 is 9.18 Å². The maximum absolute atomic E-state index is 13.0. The molecule has 0 saturated heterocycles. The van der Waals surface area contributed by atoms with Gasteiger partial charge in [0.25, 0.3) is 0 Å². The van der Waals surface area contributed by atoms with Crippen LogP contribution in [0.3, 0.4) is 0 Å². The van der Waals surface area contributed by atoms with Gasteiger partial charge in [0, 0.05) is 18.5 Å². The smallest absolute Gasteiger partial charge is 0.166 e. The van der Waals surface area contributed by atoms with Gasteiger partial charge in [0.1, 0.15) is 5.82 Å². The predicted molar refractivity (Wildman–Crippen MR) is 51.5 cm³/mol. The molecule has 0 amide bonds. The van der Waals surface area contributed by atoms with Crippen LogP contribution in [-0.4, -0.2) is 12.3 Å². The summed E-state index contributed by atoms with van der Waals surface area (Å²) in [5.41, 5.74) is 1.15. The number of rotatable bonds is 0. The lowest BCUT2D eigenvalue weighted by molar-refractivity contribution is 0.0983. The molecule has 68 valence electrons. The molecule has 1 aliphatic rings. The highest BCUT2D eigenvalue weighted by molar-refractivity contribution is 9.10. The predicted octanol–water partition coefficient (Wildman–Crippen LogP) is 2.59. The van der Waals surface area contributed by atoms with E-state index >= 15 is 0 Å². The summed E-state index contributed by atoms with van der Waals surface area (Å²) in [6, 6.07) is 2.82. The summed E-state index contributed by atoms with van der Waals surface area (Å²) in [6.07, 6.45) is 0.477. The van der Waals surface area contributed by atoms with Gasteiger partial charge in [0.2, 0.25) is 0 Å². The molecule has 13 heavy (non-hydrogen) atoms. The van der Waals surface area contributed by atoms with E-state index < -0.39 is 0 Å². The summed E-state index contributed by atoms with van der Waals surface area (Å²) < 4.78 is 13.4. The van der Waals surface area contributed by atoms with E-state index in [0.717, 1.165) is 0 Å². The van der Waals surface area contributed by atoms with Crippen LogP contribution >= 0.6 is 15.9 Å². The number of carbonyl (C=O) groups excluding carboxylic acids is 1. The average molecular weight is 244 g/mol. The first-order valence-corrected chi connectivity index (χ1v) is 4.74. The van der Waals surface area contributed by atoms with Gasteiger partial charge in [0.15, 0.2) is 5.78 Å². The third-order valence-electron chi connectivity index (χ3n) is 2.05. The lowest BCUT2D eigenvalue weighted by atomic mass is 10.0. The topological polar surface area (TPSA) is 29.1 Å². The molecule has 0 saturated carbocycles. The van der Waals surface area contributed by atoms with Gasteiger partial charge in [-0.3, -0.25) is 4.79 Å². The lowest BCUT2D eigenvalue weighted by Crippen LogP contribution is -2.18. The fourth-order valence-corrected chi connectivity index (χ4v) is 1.88. The zero-order chi connectivity index (χ0) is 9.42. The van der Waals surface area contributed by atoms with Crippen LogP contribution in [0.5, 0.6) is 0 Å². The van der Waals surface area contributed by atoms with E-state index in [1.165, 1.54) is 12.1 Å². The third-order valence-corrected chi connectivity index (χ3v) is 2.82. The van der Waals surface area contributed by atoms with Crippen molar-refractivity contribution in [2.75, 3.05) is 11.9 Å². The van der Waals surface area contributed by atoms with Gasteiger partial charge >= 0.3 is 0 Å². The second-order valence-corrected chi connectivity index (χ2v) is 3.68. The van der Waals surface area contributed by atoms with E-state index in [-0.39, 0.29) is 11.6 Å². The van der Waals surface area contributed by atoms with Crippen LogP contribution in [0.15, 0.2) is 16.6 Å². The second-order valence-electron chi connectivity index (χ2n) is 2.88. The maximum Gasteiger partial charge on any atom is 0.166 e. The number of nitrogens with one attached hydrogen (secondary N) is 1. The first-order valence-electron chi connectivity index (χ1n) is 3.95. The largest absolute Gasteiger partial charge is 0.383 e. The van der Waals surface area contributed by atoms with Crippen LogP contribution in [0.4, 0.5) is 10.1 Å². The Labute approximate surface area is 83.3 Å². The molecule has 4 heteroatoms. The lowest BCUT2D eigenvalue weighted by Gasteiger charge is -2.18. The quantitative estimate of drug-likeness (QED) is 0.759. The van der Waals surface area contributed by atoms with E-state index in [4.69, 9.17) is 0 Å². The van der Waals surface area contributed by atoms with Crippen LogP contribution in [-0.2, 0) is 0 Å². The van der Waals surface area contributed by atoms with E-state index in [2.05, 4.69) is 21.2 Å². The van der Waals surface area contributed by atoms with Crippen LogP contribution in [0.25, 0.3) is 0 Å². The Hall–Kier alpha value is -0.900. The van der Waals surface area contributed by atoms with Crippen molar-refractivity contribution in [3.8, 4) is 0 Å². The number of fused-ring (bicyclic) bond motifs is 1. The van der Waals surface area contributed by atoms with Gasteiger partial charge in [-0.25, -0.2) is 4.39 Å². The average Bonchev–Trinajstić information content (AvgIpc) is 2.12. The summed E-state index contributed by atoms with van der Waals surface area (Å²) in [5.74, 6) is -0.282. The Morgan fingerprint density at radius 3 is 3.00 bits per heavy atom. The van der Waals surface area contributed by atoms with Gasteiger partial charge in [0.05, 0.1) is 10.2 Å². The van der Waals surface area contributed by atoms with E-state index in [9.17, 15) is 9.18 Å². The zero-order valence-electron chi connectivity index (χ0n) is 6.73. The molecule has 1 aliphatic heterocycles. The molecule has 1 N–H and O–H groups in total. The number of anilines is 1. The highest BCUT2D eigenvalue weighted by Crippen LogP contribution is 2.32. The number of halogens is 2. The Morgan fingerprint density at radius 2 is 2.23 bits per heavy atom. The minimum absolute atomic E-state index is 0.0643. The standard InChI is InChI=1S/C9H7BrFNO/c10-8-6(11)2-1-5-7(13)3-4-12-9(5)8/h1-2,12H,3-4H2. The molecule has 0 fully saturated rings. The third kappa shape index (κ3) is 1.35. The molecule has 1 aromatic carbocycles. The summed E-state index contributed by atoms with van der Waals surface area (Å²) >= 11 is 3.10. The Bertz CT molecular complexity index is 378. The number of hydrogen-bond acceptors (Lipinski definition) is 2. The van der Waals surface area contributed by atoms with Crippen molar-refractivity contribution in [2.45, 2.75) is 6.42 Å².